The third-order valence-electron chi connectivity index (χ3n) is 2.19. The van der Waals surface area contributed by atoms with E-state index in [-0.39, 0.29) is 12.1 Å². The van der Waals surface area contributed by atoms with E-state index in [2.05, 4.69) is 16.8 Å². The summed E-state index contributed by atoms with van der Waals surface area (Å²) in [7, 11) is 0. The van der Waals surface area contributed by atoms with Crippen molar-refractivity contribution < 1.29 is 9.53 Å². The molecule has 3 nitrogen and oxygen atoms in total. The third-order valence-corrected chi connectivity index (χ3v) is 4.67. The second kappa shape index (κ2) is 4.90. The molecule has 1 aromatic heterocycles. The summed E-state index contributed by atoms with van der Waals surface area (Å²) in [6.07, 6.45) is 0.617. The first-order chi connectivity index (χ1) is 7.29. The van der Waals surface area contributed by atoms with Gasteiger partial charge >= 0.3 is 6.09 Å². The minimum atomic E-state index is -0.304. The molecular formula is C10H13NO2S2. The Hall–Kier alpha value is -0.680. The highest BCUT2D eigenvalue weighted by molar-refractivity contribution is 8.01. The molecule has 0 saturated carbocycles. The van der Waals surface area contributed by atoms with E-state index in [0.717, 1.165) is 12.2 Å². The standard InChI is InChI=1S/C10H13NO2S2/c1-2-13-10(12)11-8-5-7-3-4-14-9(7)15-6-8/h3-4,8H,2,5-6H2,1H3,(H,11,12). The smallest absolute Gasteiger partial charge is 0.407 e. The van der Waals surface area contributed by atoms with E-state index < -0.39 is 0 Å². The van der Waals surface area contributed by atoms with Crippen LogP contribution in [-0.2, 0) is 11.2 Å². The molecule has 2 heterocycles. The van der Waals surface area contributed by atoms with Crippen molar-refractivity contribution in [3.63, 3.8) is 0 Å². The van der Waals surface area contributed by atoms with Crippen LogP contribution in [0.1, 0.15) is 12.5 Å². The summed E-state index contributed by atoms with van der Waals surface area (Å²) in [5.41, 5.74) is 1.35. The summed E-state index contributed by atoms with van der Waals surface area (Å²) in [4.78, 5) is 11.2. The number of carbonyl (C=O) groups excluding carboxylic acids is 1. The molecule has 0 bridgehead atoms. The Morgan fingerprint density at radius 3 is 3.40 bits per heavy atom. The maximum absolute atomic E-state index is 11.2. The van der Waals surface area contributed by atoms with Gasteiger partial charge in [-0.1, -0.05) is 0 Å². The Bertz CT molecular complexity index is 351. The number of alkyl carbamates (subject to hydrolysis) is 1. The molecule has 0 aromatic carbocycles. The quantitative estimate of drug-likeness (QED) is 0.867. The van der Waals surface area contributed by atoms with Crippen molar-refractivity contribution in [2.24, 2.45) is 0 Å². The van der Waals surface area contributed by atoms with Crippen LogP contribution in [0.5, 0.6) is 0 Å². The van der Waals surface area contributed by atoms with Crippen LogP contribution in [0.3, 0.4) is 0 Å². The monoisotopic (exact) mass is 243 g/mol. The Morgan fingerprint density at radius 1 is 1.73 bits per heavy atom. The van der Waals surface area contributed by atoms with Crippen LogP contribution < -0.4 is 5.32 Å². The highest BCUT2D eigenvalue weighted by Gasteiger charge is 2.21. The molecule has 1 amide bonds. The number of hydrogen-bond donors (Lipinski definition) is 1. The summed E-state index contributed by atoms with van der Waals surface area (Å²) in [5, 5.41) is 4.97. The topological polar surface area (TPSA) is 38.3 Å². The number of carbonyl (C=O) groups is 1. The van der Waals surface area contributed by atoms with Crippen LogP contribution in [0, 0.1) is 0 Å². The molecule has 0 radical (unpaired) electrons. The van der Waals surface area contributed by atoms with Gasteiger partial charge in [0.2, 0.25) is 0 Å². The van der Waals surface area contributed by atoms with Crippen molar-refractivity contribution in [3.8, 4) is 0 Å². The van der Waals surface area contributed by atoms with Crippen molar-refractivity contribution in [2.75, 3.05) is 12.4 Å². The van der Waals surface area contributed by atoms with Crippen LogP contribution in [0.2, 0.25) is 0 Å². The maximum Gasteiger partial charge on any atom is 0.407 e. The van der Waals surface area contributed by atoms with Crippen LogP contribution in [-0.4, -0.2) is 24.5 Å². The molecule has 1 unspecified atom stereocenters. The minimum absolute atomic E-state index is 0.205. The molecule has 1 aromatic rings. The molecule has 5 heteroatoms. The summed E-state index contributed by atoms with van der Waals surface area (Å²) < 4.78 is 6.24. The predicted molar refractivity (Wildman–Crippen MR) is 62.7 cm³/mol. The fourth-order valence-electron chi connectivity index (χ4n) is 1.53. The lowest BCUT2D eigenvalue weighted by molar-refractivity contribution is 0.149. The zero-order valence-corrected chi connectivity index (χ0v) is 10.1. The first-order valence-electron chi connectivity index (χ1n) is 4.92. The zero-order valence-electron chi connectivity index (χ0n) is 8.49. The van der Waals surface area contributed by atoms with Crippen molar-refractivity contribution in [2.45, 2.75) is 23.6 Å². The third kappa shape index (κ3) is 2.66. The summed E-state index contributed by atoms with van der Waals surface area (Å²) in [5.74, 6) is 0.937. The van der Waals surface area contributed by atoms with Crippen LogP contribution in [0.25, 0.3) is 0 Å². The Balaban J connectivity index is 1.90. The number of thioether (sulfide) groups is 1. The SMILES string of the molecule is CCOC(=O)NC1CSc2sccc2C1. The number of ether oxygens (including phenoxy) is 1. The highest BCUT2D eigenvalue weighted by atomic mass is 32.2. The molecule has 1 aliphatic rings. The number of fused-ring (bicyclic) bond motifs is 1. The van der Waals surface area contributed by atoms with Gasteiger partial charge in [-0.2, -0.15) is 0 Å². The van der Waals surface area contributed by atoms with Crippen LogP contribution in [0.15, 0.2) is 15.7 Å². The Kier molecular flexibility index (Phi) is 3.53. The highest BCUT2D eigenvalue weighted by Crippen LogP contribution is 2.34. The molecule has 1 aliphatic heterocycles. The van der Waals surface area contributed by atoms with Gasteiger partial charge in [-0.05, 0) is 30.4 Å². The second-order valence-corrected chi connectivity index (χ2v) is 5.51. The summed E-state index contributed by atoms with van der Waals surface area (Å²) in [6.45, 7) is 2.24. The lowest BCUT2D eigenvalue weighted by Crippen LogP contribution is -2.39. The maximum atomic E-state index is 11.2. The predicted octanol–water partition coefficient (Wildman–Crippen LogP) is 2.51. The van der Waals surface area contributed by atoms with Gasteiger partial charge in [0.15, 0.2) is 0 Å². The first kappa shape index (κ1) is 10.8. The lowest BCUT2D eigenvalue weighted by atomic mass is 10.1. The summed E-state index contributed by atoms with van der Waals surface area (Å²) >= 11 is 3.59. The lowest BCUT2D eigenvalue weighted by Gasteiger charge is -2.22. The van der Waals surface area contributed by atoms with Crippen molar-refractivity contribution in [3.05, 3.63) is 17.0 Å². The molecule has 0 spiro atoms. The number of rotatable bonds is 2. The minimum Gasteiger partial charge on any atom is -0.450 e. The number of thiophene rings is 1. The number of amides is 1. The van der Waals surface area contributed by atoms with E-state index in [1.54, 1.807) is 11.3 Å². The second-order valence-electron chi connectivity index (χ2n) is 3.31. The first-order valence-corrected chi connectivity index (χ1v) is 6.78. The molecule has 82 valence electrons. The van der Waals surface area contributed by atoms with Gasteiger partial charge in [-0.3, -0.25) is 0 Å². The molecule has 1 atom stereocenters. The van der Waals surface area contributed by atoms with Gasteiger partial charge in [0.05, 0.1) is 10.8 Å². The average molecular weight is 243 g/mol. The largest absolute Gasteiger partial charge is 0.450 e. The van der Waals surface area contributed by atoms with E-state index in [1.807, 2.05) is 18.7 Å². The Morgan fingerprint density at radius 2 is 2.60 bits per heavy atom. The van der Waals surface area contributed by atoms with Crippen molar-refractivity contribution >= 4 is 29.2 Å². The molecule has 2 rings (SSSR count). The molecule has 0 saturated heterocycles. The van der Waals surface area contributed by atoms with E-state index in [1.165, 1.54) is 9.77 Å². The van der Waals surface area contributed by atoms with Gasteiger partial charge < -0.3 is 10.1 Å². The van der Waals surface area contributed by atoms with Crippen molar-refractivity contribution in [1.29, 1.82) is 0 Å². The molecular weight excluding hydrogens is 230 g/mol. The van der Waals surface area contributed by atoms with Gasteiger partial charge in [0.25, 0.3) is 0 Å². The fraction of sp³-hybridized carbons (Fsp3) is 0.500. The number of hydrogen-bond acceptors (Lipinski definition) is 4. The van der Waals surface area contributed by atoms with Crippen molar-refractivity contribution in [1.82, 2.24) is 5.32 Å². The van der Waals surface area contributed by atoms with Crippen LogP contribution in [0.4, 0.5) is 4.79 Å². The van der Waals surface area contributed by atoms with E-state index in [0.29, 0.717) is 6.61 Å². The Labute approximate surface area is 97.2 Å². The summed E-state index contributed by atoms with van der Waals surface area (Å²) in [6, 6.07) is 2.34. The fourth-order valence-corrected chi connectivity index (χ4v) is 3.72. The van der Waals surface area contributed by atoms with Gasteiger partial charge in [-0.25, -0.2) is 4.79 Å². The van der Waals surface area contributed by atoms with E-state index in [4.69, 9.17) is 4.74 Å². The zero-order chi connectivity index (χ0) is 10.7. The average Bonchev–Trinajstić information content (AvgIpc) is 2.65. The van der Waals surface area contributed by atoms with Crippen LogP contribution >= 0.6 is 23.1 Å². The van der Waals surface area contributed by atoms with E-state index in [9.17, 15) is 4.79 Å². The van der Waals surface area contributed by atoms with Gasteiger partial charge in [0, 0.05) is 11.8 Å². The molecule has 1 N–H and O–H groups in total. The molecule has 0 aliphatic carbocycles. The normalized spacial score (nSPS) is 19.4. The molecule has 0 fully saturated rings. The van der Waals surface area contributed by atoms with E-state index >= 15 is 0 Å². The molecule has 15 heavy (non-hydrogen) atoms. The van der Waals surface area contributed by atoms with Gasteiger partial charge in [-0.15, -0.1) is 23.1 Å². The van der Waals surface area contributed by atoms with Gasteiger partial charge in [0.1, 0.15) is 0 Å². The number of nitrogens with one attached hydrogen (secondary N) is 1.